The molecule has 0 unspecified atom stereocenters. The Morgan fingerprint density at radius 1 is 1.04 bits per heavy atom. The molecule has 0 saturated carbocycles. The fourth-order valence-corrected chi connectivity index (χ4v) is 3.55. The van der Waals surface area contributed by atoms with E-state index >= 15 is 0 Å². The van der Waals surface area contributed by atoms with E-state index in [2.05, 4.69) is 31.9 Å². The maximum absolute atomic E-state index is 12.9. The lowest BCUT2D eigenvalue weighted by Gasteiger charge is -2.11. The summed E-state index contributed by atoms with van der Waals surface area (Å²) in [6.45, 7) is 0. The van der Waals surface area contributed by atoms with E-state index in [1.165, 1.54) is 6.07 Å². The maximum atomic E-state index is 12.9. The van der Waals surface area contributed by atoms with Gasteiger partial charge in [0.15, 0.2) is 11.0 Å². The molecular weight excluding hydrogens is 457 g/mol. The van der Waals surface area contributed by atoms with E-state index in [1.807, 2.05) is 0 Å². The van der Waals surface area contributed by atoms with Crippen molar-refractivity contribution in [3.8, 4) is 17.1 Å². The fourth-order valence-electron chi connectivity index (χ4n) is 2.24. The van der Waals surface area contributed by atoms with Gasteiger partial charge in [0, 0.05) is 16.1 Å². The van der Waals surface area contributed by atoms with E-state index in [4.69, 9.17) is 4.42 Å². The second-order valence-corrected chi connectivity index (χ2v) is 6.74. The summed E-state index contributed by atoms with van der Waals surface area (Å²) in [5.41, 5.74) is -1.33. The molecule has 0 aliphatic heterocycles. The largest absolute Gasteiger partial charge is 0.507 e. The predicted octanol–water partition coefficient (Wildman–Crippen LogP) is 5.71. The van der Waals surface area contributed by atoms with Crippen molar-refractivity contribution in [1.82, 2.24) is 0 Å². The van der Waals surface area contributed by atoms with E-state index in [9.17, 15) is 23.1 Å². The Balaban J connectivity index is 2.26. The fraction of sp³-hybridized carbons (Fsp3) is 0.0625. The van der Waals surface area contributed by atoms with Crippen LogP contribution in [0.25, 0.3) is 22.3 Å². The second-order valence-electron chi connectivity index (χ2n) is 4.97. The molecule has 124 valence electrons. The van der Waals surface area contributed by atoms with Crippen LogP contribution in [0.2, 0.25) is 0 Å². The van der Waals surface area contributed by atoms with Gasteiger partial charge in [0.2, 0.25) is 0 Å². The average Bonchev–Trinajstić information content (AvgIpc) is 2.47. The Hall–Kier alpha value is -1.80. The summed E-state index contributed by atoms with van der Waals surface area (Å²) in [7, 11) is 0. The number of halogens is 5. The van der Waals surface area contributed by atoms with Crippen LogP contribution in [0.5, 0.6) is 5.75 Å². The molecule has 1 heterocycles. The zero-order chi connectivity index (χ0) is 17.6. The Labute approximate surface area is 150 Å². The summed E-state index contributed by atoms with van der Waals surface area (Å²) in [6, 6.07) is 7.25. The van der Waals surface area contributed by atoms with Crippen molar-refractivity contribution in [2.75, 3.05) is 0 Å². The molecule has 0 aliphatic rings. The van der Waals surface area contributed by atoms with Gasteiger partial charge in [-0.05, 0) is 46.3 Å². The molecule has 0 amide bonds. The van der Waals surface area contributed by atoms with Crippen LogP contribution in [-0.2, 0) is 6.18 Å². The van der Waals surface area contributed by atoms with Crippen LogP contribution < -0.4 is 5.43 Å². The van der Waals surface area contributed by atoms with Crippen molar-refractivity contribution in [1.29, 1.82) is 0 Å². The van der Waals surface area contributed by atoms with E-state index in [0.29, 0.717) is 8.95 Å². The van der Waals surface area contributed by atoms with Gasteiger partial charge in [-0.1, -0.05) is 15.9 Å². The minimum atomic E-state index is -4.72. The van der Waals surface area contributed by atoms with Crippen LogP contribution in [0.4, 0.5) is 13.2 Å². The summed E-state index contributed by atoms with van der Waals surface area (Å²) in [5.74, 6) is -0.916. The first-order valence-corrected chi connectivity index (χ1v) is 8.09. The van der Waals surface area contributed by atoms with Crippen molar-refractivity contribution in [2.45, 2.75) is 6.18 Å². The Kier molecular flexibility index (Phi) is 4.21. The van der Waals surface area contributed by atoms with Gasteiger partial charge in [-0.2, -0.15) is 13.2 Å². The first kappa shape index (κ1) is 17.0. The molecule has 0 fully saturated rings. The molecule has 1 N–H and O–H groups in total. The maximum Gasteiger partial charge on any atom is 0.419 e. The summed E-state index contributed by atoms with van der Waals surface area (Å²) < 4.78 is 45.5. The Morgan fingerprint density at radius 3 is 2.42 bits per heavy atom. The first-order valence-electron chi connectivity index (χ1n) is 6.50. The van der Waals surface area contributed by atoms with Gasteiger partial charge in [0.05, 0.1) is 15.4 Å². The molecule has 0 radical (unpaired) electrons. The number of phenolic OH excluding ortho intramolecular Hbond substituents is 1. The monoisotopic (exact) mass is 462 g/mol. The number of rotatable bonds is 1. The molecule has 8 heteroatoms. The molecular formula is C16H7Br2F3O3. The lowest BCUT2D eigenvalue weighted by molar-refractivity contribution is -0.138. The highest BCUT2D eigenvalue weighted by Crippen LogP contribution is 2.38. The normalized spacial score (nSPS) is 11.9. The van der Waals surface area contributed by atoms with E-state index in [-0.39, 0.29) is 22.3 Å². The number of alkyl halides is 3. The minimum Gasteiger partial charge on any atom is -0.507 e. The summed E-state index contributed by atoms with van der Waals surface area (Å²) in [6.07, 6.45) is -4.72. The van der Waals surface area contributed by atoms with E-state index in [0.717, 1.165) is 18.2 Å². The predicted molar refractivity (Wildman–Crippen MR) is 90.0 cm³/mol. The van der Waals surface area contributed by atoms with Crippen LogP contribution in [0.1, 0.15) is 5.56 Å². The number of hydrogen-bond acceptors (Lipinski definition) is 3. The van der Waals surface area contributed by atoms with Gasteiger partial charge in [0.25, 0.3) is 0 Å². The Morgan fingerprint density at radius 2 is 1.75 bits per heavy atom. The van der Waals surface area contributed by atoms with Crippen LogP contribution in [0, 0.1) is 0 Å². The number of fused-ring (bicyclic) bond motifs is 1. The molecule has 0 atom stereocenters. The second kappa shape index (κ2) is 5.93. The van der Waals surface area contributed by atoms with Crippen LogP contribution in [0.3, 0.4) is 0 Å². The minimum absolute atomic E-state index is 0.0268. The van der Waals surface area contributed by atoms with Gasteiger partial charge >= 0.3 is 6.18 Å². The van der Waals surface area contributed by atoms with Crippen molar-refractivity contribution >= 4 is 42.8 Å². The van der Waals surface area contributed by atoms with E-state index in [1.54, 1.807) is 12.1 Å². The molecule has 1 aromatic heterocycles. The number of hydrogen-bond donors (Lipinski definition) is 1. The number of aromatic hydroxyl groups is 1. The molecule has 3 aromatic rings. The molecule has 2 aromatic carbocycles. The first-order chi connectivity index (χ1) is 11.2. The smallest absolute Gasteiger partial charge is 0.419 e. The van der Waals surface area contributed by atoms with Crippen LogP contribution in [0.15, 0.2) is 54.6 Å². The van der Waals surface area contributed by atoms with Gasteiger partial charge in [-0.25, -0.2) is 0 Å². The van der Waals surface area contributed by atoms with Gasteiger partial charge in [-0.3, -0.25) is 4.79 Å². The van der Waals surface area contributed by atoms with E-state index < -0.39 is 22.9 Å². The van der Waals surface area contributed by atoms with Gasteiger partial charge in [-0.15, -0.1) is 0 Å². The highest BCUT2D eigenvalue weighted by atomic mass is 79.9. The third-order valence-corrected chi connectivity index (χ3v) is 4.38. The molecule has 3 rings (SSSR count). The quantitative estimate of drug-likeness (QED) is 0.503. The summed E-state index contributed by atoms with van der Waals surface area (Å²) >= 11 is 6.52. The third-order valence-electron chi connectivity index (χ3n) is 3.33. The van der Waals surface area contributed by atoms with Crippen molar-refractivity contribution in [2.24, 2.45) is 0 Å². The van der Waals surface area contributed by atoms with Gasteiger partial charge < -0.3 is 9.52 Å². The summed E-state index contributed by atoms with van der Waals surface area (Å²) in [5, 5.41) is 9.68. The topological polar surface area (TPSA) is 50.4 Å². The average molecular weight is 464 g/mol. The highest BCUT2D eigenvalue weighted by Gasteiger charge is 2.34. The van der Waals surface area contributed by atoms with Crippen molar-refractivity contribution in [3.05, 3.63) is 61.1 Å². The Bertz CT molecular complexity index is 1010. The number of phenols is 1. The van der Waals surface area contributed by atoms with Crippen molar-refractivity contribution < 1.29 is 22.7 Å². The van der Waals surface area contributed by atoms with Crippen LogP contribution in [-0.4, -0.2) is 5.11 Å². The highest BCUT2D eigenvalue weighted by molar-refractivity contribution is 9.11. The molecule has 0 aliphatic carbocycles. The summed E-state index contributed by atoms with van der Waals surface area (Å²) in [4.78, 5) is 12.3. The number of benzene rings is 2. The third kappa shape index (κ3) is 3.08. The molecule has 0 bridgehead atoms. The van der Waals surface area contributed by atoms with Crippen LogP contribution >= 0.6 is 31.9 Å². The lowest BCUT2D eigenvalue weighted by atomic mass is 10.1. The zero-order valence-electron chi connectivity index (χ0n) is 11.6. The molecule has 3 nitrogen and oxygen atoms in total. The lowest BCUT2D eigenvalue weighted by Crippen LogP contribution is -2.06. The van der Waals surface area contributed by atoms with Gasteiger partial charge in [0.1, 0.15) is 11.5 Å². The molecule has 0 saturated heterocycles. The molecule has 0 spiro atoms. The zero-order valence-corrected chi connectivity index (χ0v) is 14.8. The molecule has 24 heavy (non-hydrogen) atoms. The SMILES string of the molecule is O=c1cc(-c2ccc(O)c(C(F)(F)F)c2)oc2c(Br)cc(Br)cc12. The standard InChI is InChI=1S/C16H7Br2F3O3/c17-8-4-9-13(23)6-14(24-15(9)11(18)5-8)7-1-2-12(22)10(3-7)16(19,20)21/h1-6,22H. The van der Waals surface area contributed by atoms with Crippen molar-refractivity contribution in [3.63, 3.8) is 0 Å².